The van der Waals surface area contributed by atoms with E-state index in [2.05, 4.69) is 10.2 Å². The number of piperidine rings is 1. The fourth-order valence-corrected chi connectivity index (χ4v) is 3.72. The average molecular weight is 418 g/mol. The summed E-state index contributed by atoms with van der Waals surface area (Å²) in [5.74, 6) is 0.271. The van der Waals surface area contributed by atoms with E-state index >= 15 is 0 Å². The van der Waals surface area contributed by atoms with Crippen molar-refractivity contribution in [3.63, 3.8) is 0 Å². The summed E-state index contributed by atoms with van der Waals surface area (Å²) in [5.41, 5.74) is 7.49. The zero-order valence-corrected chi connectivity index (χ0v) is 17.1. The quantitative estimate of drug-likeness (QED) is 0.675. The molecule has 154 valence electrons. The number of rotatable bonds is 6. The van der Waals surface area contributed by atoms with E-state index in [1.165, 1.54) is 18.2 Å². The topological polar surface area (TPSA) is 67.6 Å². The molecule has 2 aromatic rings. The molecule has 1 atom stereocenters. The van der Waals surface area contributed by atoms with Gasteiger partial charge in [0, 0.05) is 42.5 Å². The molecule has 1 amide bonds. The predicted octanol–water partition coefficient (Wildman–Crippen LogP) is 4.58. The maximum Gasteiger partial charge on any atom is 0.250 e. The molecule has 2 aromatic carbocycles. The summed E-state index contributed by atoms with van der Waals surface area (Å²) in [4.78, 5) is 14.0. The molecule has 3 rings (SSSR count). The van der Waals surface area contributed by atoms with E-state index in [-0.39, 0.29) is 11.7 Å². The molecule has 1 unspecified atom stereocenters. The van der Waals surface area contributed by atoms with E-state index < -0.39 is 0 Å². The summed E-state index contributed by atoms with van der Waals surface area (Å²) < 4.78 is 19.1. The first-order valence-corrected chi connectivity index (χ1v) is 9.96. The lowest BCUT2D eigenvalue weighted by Gasteiger charge is -2.35. The van der Waals surface area contributed by atoms with Gasteiger partial charge in [-0.3, -0.25) is 4.79 Å². The van der Waals surface area contributed by atoms with Crippen LogP contribution in [0.5, 0.6) is 5.75 Å². The van der Waals surface area contributed by atoms with Crippen molar-refractivity contribution < 1.29 is 13.9 Å². The molecule has 0 aromatic heterocycles. The number of nitrogens with two attached hydrogens (primary N) is 1. The number of nitrogens with zero attached hydrogens (tertiary/aromatic N) is 1. The van der Waals surface area contributed by atoms with Crippen LogP contribution >= 0.6 is 11.6 Å². The van der Waals surface area contributed by atoms with Gasteiger partial charge in [-0.05, 0) is 50.1 Å². The summed E-state index contributed by atoms with van der Waals surface area (Å²) in [7, 11) is 0. The highest BCUT2D eigenvalue weighted by molar-refractivity contribution is 6.33. The molecule has 0 bridgehead atoms. The van der Waals surface area contributed by atoms with E-state index in [1.54, 1.807) is 25.1 Å². The normalized spacial score (nSPS) is 17.1. The number of carbonyl (C=O) groups is 1. The number of hydrogen-bond acceptors (Lipinski definition) is 4. The Kier molecular flexibility index (Phi) is 6.99. The Morgan fingerprint density at radius 1 is 1.38 bits per heavy atom. The van der Waals surface area contributed by atoms with Crippen LogP contribution in [0.25, 0.3) is 0 Å². The Bertz CT molecular complexity index is 899. The minimum absolute atomic E-state index is 0.290. The largest absolute Gasteiger partial charge is 0.493 e. The third kappa shape index (κ3) is 6.12. The van der Waals surface area contributed by atoms with Crippen molar-refractivity contribution in [3.8, 4) is 5.75 Å². The average Bonchev–Trinajstić information content (AvgIpc) is 2.66. The molecule has 1 fully saturated rings. The Balaban J connectivity index is 1.61. The highest BCUT2D eigenvalue weighted by atomic mass is 35.5. The number of halogens is 2. The minimum Gasteiger partial charge on any atom is -0.493 e. The van der Waals surface area contributed by atoms with Gasteiger partial charge in [-0.2, -0.15) is 0 Å². The van der Waals surface area contributed by atoms with E-state index in [0.29, 0.717) is 34.7 Å². The van der Waals surface area contributed by atoms with Crippen LogP contribution in [-0.4, -0.2) is 25.6 Å². The zero-order chi connectivity index (χ0) is 20.8. The van der Waals surface area contributed by atoms with Crippen molar-refractivity contribution in [1.82, 2.24) is 0 Å². The van der Waals surface area contributed by atoms with Crippen molar-refractivity contribution >= 4 is 28.9 Å². The lowest BCUT2D eigenvalue weighted by Crippen LogP contribution is -2.37. The van der Waals surface area contributed by atoms with Gasteiger partial charge in [0.15, 0.2) is 0 Å². The summed E-state index contributed by atoms with van der Waals surface area (Å²) in [6.07, 6.45) is 3.39. The number of carbonyl (C=O) groups excluding carboxylic acids is 1. The van der Waals surface area contributed by atoms with Crippen LogP contribution < -0.4 is 20.7 Å². The van der Waals surface area contributed by atoms with Gasteiger partial charge in [-0.25, -0.2) is 4.39 Å². The molecule has 0 saturated carbocycles. The Hall–Kier alpha value is -2.73. The minimum atomic E-state index is -0.302. The van der Waals surface area contributed by atoms with E-state index in [0.717, 1.165) is 31.6 Å². The second-order valence-electron chi connectivity index (χ2n) is 7.27. The summed E-state index contributed by atoms with van der Waals surface area (Å²) in [6.45, 7) is 3.88. The Labute approximate surface area is 175 Å². The summed E-state index contributed by atoms with van der Waals surface area (Å²) >= 11 is 6.48. The van der Waals surface area contributed by atoms with Crippen molar-refractivity contribution in [2.24, 2.45) is 11.7 Å². The van der Waals surface area contributed by atoms with E-state index in [9.17, 15) is 9.18 Å². The maximum absolute atomic E-state index is 13.3. The molecule has 1 saturated heterocycles. The molecule has 1 aliphatic rings. The van der Waals surface area contributed by atoms with Crippen LogP contribution in [0.1, 0.15) is 19.8 Å². The van der Waals surface area contributed by atoms with Gasteiger partial charge in [0.2, 0.25) is 5.91 Å². The van der Waals surface area contributed by atoms with Crippen molar-refractivity contribution in [3.05, 3.63) is 65.1 Å². The second-order valence-corrected chi connectivity index (χ2v) is 7.67. The van der Waals surface area contributed by atoms with Gasteiger partial charge < -0.3 is 20.7 Å². The molecular formula is C22H25ClFN3O2. The van der Waals surface area contributed by atoms with Gasteiger partial charge in [0.25, 0.3) is 0 Å². The molecule has 5 nitrogen and oxygen atoms in total. The highest BCUT2D eigenvalue weighted by Crippen LogP contribution is 2.32. The van der Waals surface area contributed by atoms with Crippen LogP contribution in [0.2, 0.25) is 5.02 Å². The lowest BCUT2D eigenvalue weighted by atomic mass is 9.98. The number of allylic oxidation sites excluding steroid dienone is 1. The Morgan fingerprint density at radius 2 is 2.21 bits per heavy atom. The van der Waals surface area contributed by atoms with Gasteiger partial charge in [0.05, 0.1) is 17.3 Å². The van der Waals surface area contributed by atoms with Crippen molar-refractivity contribution in [2.75, 3.05) is 29.9 Å². The molecule has 7 heteroatoms. The van der Waals surface area contributed by atoms with Crippen molar-refractivity contribution in [1.29, 1.82) is 0 Å². The maximum atomic E-state index is 13.3. The lowest BCUT2D eigenvalue weighted by molar-refractivity contribution is -0.111. The first-order valence-electron chi connectivity index (χ1n) is 9.58. The smallest absolute Gasteiger partial charge is 0.250 e. The van der Waals surface area contributed by atoms with Crippen LogP contribution in [-0.2, 0) is 4.79 Å². The summed E-state index contributed by atoms with van der Waals surface area (Å²) in [6, 6.07) is 11.7. The first-order chi connectivity index (χ1) is 13.9. The third-order valence-corrected chi connectivity index (χ3v) is 5.02. The molecular weight excluding hydrogens is 393 g/mol. The number of nitrogens with one attached hydrogen (secondary N) is 1. The molecule has 3 N–H and O–H groups in total. The zero-order valence-electron chi connectivity index (χ0n) is 16.3. The van der Waals surface area contributed by atoms with Gasteiger partial charge in [-0.1, -0.05) is 17.7 Å². The van der Waals surface area contributed by atoms with E-state index in [1.807, 2.05) is 12.1 Å². The van der Waals surface area contributed by atoms with Gasteiger partial charge >= 0.3 is 0 Å². The predicted molar refractivity (Wildman–Crippen MR) is 115 cm³/mol. The molecule has 1 aliphatic heterocycles. The molecule has 0 aliphatic carbocycles. The fraction of sp³-hybridized carbons (Fsp3) is 0.318. The summed E-state index contributed by atoms with van der Waals surface area (Å²) in [5, 5.41) is 3.32. The highest BCUT2D eigenvalue weighted by Gasteiger charge is 2.22. The first kappa shape index (κ1) is 21.0. The molecule has 1 heterocycles. The Morgan fingerprint density at radius 3 is 2.93 bits per heavy atom. The number of amides is 1. The number of benzene rings is 2. The van der Waals surface area contributed by atoms with Gasteiger partial charge in [0.1, 0.15) is 11.6 Å². The fourth-order valence-electron chi connectivity index (χ4n) is 3.42. The molecule has 0 radical (unpaired) electrons. The van der Waals surface area contributed by atoms with Crippen molar-refractivity contribution in [2.45, 2.75) is 19.8 Å². The van der Waals surface area contributed by atoms with Crippen LogP contribution in [0.15, 0.2) is 54.2 Å². The second kappa shape index (κ2) is 9.65. The number of hydrogen-bond donors (Lipinski definition) is 2. The van der Waals surface area contributed by atoms with Crippen LogP contribution in [0.4, 0.5) is 15.8 Å². The standard InChI is InChI=1S/C22H25ClFN3O2/c1-15(25)10-22(28)26-18-7-8-21(20(23)12-18)27-9-3-4-16(13-27)14-29-19-6-2-5-17(24)11-19/h2,5-8,10-12,16H,3-4,9,13-14,25H2,1H3,(H,26,28). The van der Waals surface area contributed by atoms with Gasteiger partial charge in [-0.15, -0.1) is 0 Å². The number of ether oxygens (including phenoxy) is 1. The van der Waals surface area contributed by atoms with E-state index in [4.69, 9.17) is 22.1 Å². The monoisotopic (exact) mass is 417 g/mol. The molecule has 29 heavy (non-hydrogen) atoms. The van der Waals surface area contributed by atoms with Crippen LogP contribution in [0, 0.1) is 11.7 Å². The SMILES string of the molecule is CC(N)=CC(=O)Nc1ccc(N2CCCC(COc3cccc(F)c3)C2)c(Cl)c1. The number of anilines is 2. The third-order valence-electron chi connectivity index (χ3n) is 4.72. The van der Waals surface area contributed by atoms with Crippen LogP contribution in [0.3, 0.4) is 0 Å². The molecule has 0 spiro atoms.